The minimum absolute atomic E-state index is 0. The molecule has 0 fully saturated rings. The summed E-state index contributed by atoms with van der Waals surface area (Å²) in [5.74, 6) is 0.687. The zero-order valence-electron chi connectivity index (χ0n) is 13.0. The van der Waals surface area contributed by atoms with Crippen molar-refractivity contribution >= 4 is 45.6 Å². The number of nitrogen functional groups attached to an aromatic ring is 1. The van der Waals surface area contributed by atoms with Crippen molar-refractivity contribution in [3.63, 3.8) is 0 Å². The van der Waals surface area contributed by atoms with Gasteiger partial charge in [-0.05, 0) is 42.5 Å². The predicted octanol–water partition coefficient (Wildman–Crippen LogP) is 3.03. The number of benzene rings is 2. The van der Waals surface area contributed by atoms with E-state index < -0.39 is 10.0 Å². The second-order valence-corrected chi connectivity index (χ2v) is 6.60. The van der Waals surface area contributed by atoms with E-state index in [1.807, 2.05) is 6.07 Å². The lowest BCUT2D eigenvalue weighted by Crippen LogP contribution is -2.12. The molecule has 7 nitrogen and oxygen atoms in total. The van der Waals surface area contributed by atoms with Crippen LogP contribution in [0.1, 0.15) is 0 Å². The molecule has 3 aromatic rings. The van der Waals surface area contributed by atoms with E-state index in [0.717, 1.165) is 0 Å². The molecule has 3 rings (SSSR count). The molecule has 0 bridgehead atoms. The minimum atomic E-state index is -3.63. The summed E-state index contributed by atoms with van der Waals surface area (Å²) in [5, 5.41) is 3.03. The molecule has 0 atom stereocenters. The molecule has 0 aliphatic carbocycles. The summed E-state index contributed by atoms with van der Waals surface area (Å²) in [6.07, 6.45) is 1.53. The standard InChI is InChI=1S/C16H15N5O2S.ClH/c17-16-18-11-10-15(20-16)19-12-6-8-14(9-7-12)24(22,23)21-13-4-2-1-3-5-13;/h1-11,21H,(H3,17,18,19,20);1H. The van der Waals surface area contributed by atoms with E-state index >= 15 is 0 Å². The van der Waals surface area contributed by atoms with Crippen LogP contribution in [0.5, 0.6) is 0 Å². The van der Waals surface area contributed by atoms with Crippen molar-refractivity contribution < 1.29 is 8.42 Å². The van der Waals surface area contributed by atoms with Crippen molar-refractivity contribution in [1.82, 2.24) is 9.97 Å². The van der Waals surface area contributed by atoms with Crippen LogP contribution in [0.3, 0.4) is 0 Å². The monoisotopic (exact) mass is 377 g/mol. The van der Waals surface area contributed by atoms with E-state index in [-0.39, 0.29) is 23.3 Å². The summed E-state index contributed by atoms with van der Waals surface area (Å²) in [5.41, 5.74) is 6.71. The lowest BCUT2D eigenvalue weighted by Gasteiger charge is -2.09. The molecule has 0 aliphatic heterocycles. The van der Waals surface area contributed by atoms with Gasteiger partial charge in [-0.2, -0.15) is 4.98 Å². The van der Waals surface area contributed by atoms with Crippen LogP contribution in [0, 0.1) is 0 Å². The Morgan fingerprint density at radius 3 is 2.20 bits per heavy atom. The van der Waals surface area contributed by atoms with Crippen LogP contribution in [-0.4, -0.2) is 18.4 Å². The molecule has 1 heterocycles. The van der Waals surface area contributed by atoms with Crippen LogP contribution in [-0.2, 0) is 10.0 Å². The van der Waals surface area contributed by atoms with Crippen LogP contribution in [0.2, 0.25) is 0 Å². The number of rotatable bonds is 5. The third-order valence-electron chi connectivity index (χ3n) is 3.14. The first-order valence-electron chi connectivity index (χ1n) is 7.06. The summed E-state index contributed by atoms with van der Waals surface area (Å²) in [4.78, 5) is 7.99. The summed E-state index contributed by atoms with van der Waals surface area (Å²) in [6.45, 7) is 0. The quantitative estimate of drug-likeness (QED) is 0.630. The Balaban J connectivity index is 0.00000225. The van der Waals surface area contributed by atoms with Crippen molar-refractivity contribution in [2.24, 2.45) is 0 Å². The van der Waals surface area contributed by atoms with Gasteiger partial charge in [-0.15, -0.1) is 12.4 Å². The summed E-state index contributed by atoms with van der Waals surface area (Å²) >= 11 is 0. The first-order chi connectivity index (χ1) is 11.5. The van der Waals surface area contributed by atoms with E-state index in [4.69, 9.17) is 5.73 Å². The summed E-state index contributed by atoms with van der Waals surface area (Å²) in [7, 11) is -3.63. The van der Waals surface area contributed by atoms with Crippen molar-refractivity contribution in [2.45, 2.75) is 4.90 Å². The number of para-hydroxylation sites is 1. The summed E-state index contributed by atoms with van der Waals surface area (Å²) in [6, 6.07) is 16.7. The van der Waals surface area contributed by atoms with Gasteiger partial charge < -0.3 is 11.1 Å². The van der Waals surface area contributed by atoms with Crippen LogP contribution >= 0.6 is 12.4 Å². The molecule has 0 aliphatic rings. The van der Waals surface area contributed by atoms with E-state index in [2.05, 4.69) is 20.0 Å². The molecule has 0 spiro atoms. The highest BCUT2D eigenvalue weighted by atomic mass is 35.5. The van der Waals surface area contributed by atoms with Gasteiger partial charge in [-0.1, -0.05) is 18.2 Å². The van der Waals surface area contributed by atoms with Gasteiger partial charge in [0.2, 0.25) is 5.95 Å². The third kappa shape index (κ3) is 4.82. The fourth-order valence-electron chi connectivity index (χ4n) is 2.03. The fourth-order valence-corrected chi connectivity index (χ4v) is 3.09. The van der Waals surface area contributed by atoms with Gasteiger partial charge in [0.25, 0.3) is 10.0 Å². The van der Waals surface area contributed by atoms with E-state index in [0.29, 0.717) is 17.2 Å². The highest BCUT2D eigenvalue weighted by Gasteiger charge is 2.13. The van der Waals surface area contributed by atoms with Gasteiger partial charge in [0.15, 0.2) is 0 Å². The number of halogens is 1. The topological polar surface area (TPSA) is 110 Å². The van der Waals surface area contributed by atoms with Crippen LogP contribution in [0.4, 0.5) is 23.1 Å². The minimum Gasteiger partial charge on any atom is -0.368 e. The zero-order chi connectivity index (χ0) is 17.0. The lowest BCUT2D eigenvalue weighted by molar-refractivity contribution is 0.601. The largest absolute Gasteiger partial charge is 0.368 e. The molecule has 4 N–H and O–H groups in total. The molecule has 0 amide bonds. The van der Waals surface area contributed by atoms with Crippen molar-refractivity contribution in [3.05, 3.63) is 66.9 Å². The Labute approximate surface area is 151 Å². The van der Waals surface area contributed by atoms with E-state index in [1.54, 1.807) is 42.5 Å². The van der Waals surface area contributed by atoms with Gasteiger partial charge in [0, 0.05) is 17.6 Å². The summed E-state index contributed by atoms with van der Waals surface area (Å²) < 4.78 is 27.2. The first kappa shape index (κ1) is 18.5. The Morgan fingerprint density at radius 1 is 0.880 bits per heavy atom. The highest BCUT2D eigenvalue weighted by Crippen LogP contribution is 2.20. The van der Waals surface area contributed by atoms with Crippen LogP contribution in [0.15, 0.2) is 71.8 Å². The molecule has 2 aromatic carbocycles. The zero-order valence-corrected chi connectivity index (χ0v) is 14.6. The van der Waals surface area contributed by atoms with Crippen molar-refractivity contribution in [1.29, 1.82) is 0 Å². The highest BCUT2D eigenvalue weighted by molar-refractivity contribution is 7.92. The Morgan fingerprint density at radius 2 is 1.56 bits per heavy atom. The number of nitrogens with zero attached hydrogens (tertiary/aromatic N) is 2. The van der Waals surface area contributed by atoms with Gasteiger partial charge in [-0.25, -0.2) is 13.4 Å². The fraction of sp³-hybridized carbons (Fsp3) is 0. The number of anilines is 4. The molecule has 0 unspecified atom stereocenters. The maximum atomic E-state index is 12.3. The molecule has 0 saturated heterocycles. The number of hydrogen-bond acceptors (Lipinski definition) is 6. The molecule has 25 heavy (non-hydrogen) atoms. The maximum Gasteiger partial charge on any atom is 0.261 e. The Hall–Kier alpha value is -2.84. The third-order valence-corrected chi connectivity index (χ3v) is 4.53. The normalized spacial score (nSPS) is 10.6. The number of hydrogen-bond donors (Lipinski definition) is 3. The van der Waals surface area contributed by atoms with Crippen molar-refractivity contribution in [2.75, 3.05) is 15.8 Å². The van der Waals surface area contributed by atoms with Gasteiger partial charge in [0.05, 0.1) is 4.90 Å². The van der Waals surface area contributed by atoms with Crippen molar-refractivity contribution in [3.8, 4) is 0 Å². The average Bonchev–Trinajstić information content (AvgIpc) is 2.56. The number of nitrogens with two attached hydrogens (primary N) is 1. The second-order valence-electron chi connectivity index (χ2n) is 4.92. The molecule has 130 valence electrons. The van der Waals surface area contributed by atoms with Gasteiger partial charge in [-0.3, -0.25) is 4.72 Å². The number of aromatic nitrogens is 2. The van der Waals surface area contributed by atoms with Gasteiger partial charge >= 0.3 is 0 Å². The molecule has 1 aromatic heterocycles. The first-order valence-corrected chi connectivity index (χ1v) is 8.55. The number of sulfonamides is 1. The molecule has 9 heteroatoms. The predicted molar refractivity (Wildman–Crippen MR) is 101 cm³/mol. The Kier molecular flexibility index (Phi) is 5.79. The number of nitrogens with one attached hydrogen (secondary N) is 2. The van der Waals surface area contributed by atoms with E-state index in [9.17, 15) is 8.42 Å². The smallest absolute Gasteiger partial charge is 0.261 e. The average molecular weight is 378 g/mol. The lowest BCUT2D eigenvalue weighted by atomic mass is 10.3. The van der Waals surface area contributed by atoms with Crippen LogP contribution in [0.25, 0.3) is 0 Å². The van der Waals surface area contributed by atoms with Gasteiger partial charge in [0.1, 0.15) is 5.82 Å². The second kappa shape index (κ2) is 7.82. The molecular weight excluding hydrogens is 362 g/mol. The molecular formula is C16H16ClN5O2S. The van der Waals surface area contributed by atoms with E-state index in [1.165, 1.54) is 18.3 Å². The maximum absolute atomic E-state index is 12.3. The van der Waals surface area contributed by atoms with Crippen LogP contribution < -0.4 is 15.8 Å². The SMILES string of the molecule is Cl.Nc1nccc(Nc2ccc(S(=O)(=O)Nc3ccccc3)cc2)n1. The molecule has 0 radical (unpaired) electrons. The Bertz CT molecular complexity index is 934. The molecule has 0 saturated carbocycles.